The van der Waals surface area contributed by atoms with E-state index in [2.05, 4.69) is 0 Å². The molecule has 0 saturated carbocycles. The van der Waals surface area contributed by atoms with Crippen molar-refractivity contribution in [3.8, 4) is 22.3 Å². The van der Waals surface area contributed by atoms with E-state index in [0.29, 0.717) is 78.0 Å². The maximum atomic E-state index is 14.0. The molecule has 0 saturated heterocycles. The third kappa shape index (κ3) is 12.1. The van der Waals surface area contributed by atoms with Crippen molar-refractivity contribution in [2.45, 2.75) is 137 Å². The second kappa shape index (κ2) is 22.4. The lowest BCUT2D eigenvalue weighted by Gasteiger charge is -2.31. The van der Waals surface area contributed by atoms with Crippen LogP contribution in [0, 0.1) is 32.5 Å². The molecule has 0 unspecified atom stereocenters. The Morgan fingerprint density at radius 1 is 0.233 bits per heavy atom. The second-order valence-electron chi connectivity index (χ2n) is 30.3. The number of ketones is 12. The van der Waals surface area contributed by atoms with E-state index in [4.69, 9.17) is 0 Å². The van der Waals surface area contributed by atoms with Crippen molar-refractivity contribution in [1.29, 1.82) is 0 Å². The summed E-state index contributed by atoms with van der Waals surface area (Å²) in [7, 11) is 0. The molecular formula is C78H76O12. The molecule has 7 aliphatic carbocycles. The van der Waals surface area contributed by atoms with Crippen LogP contribution in [0.25, 0.3) is 22.3 Å². The van der Waals surface area contributed by atoms with E-state index < -0.39 is 44.8 Å². The van der Waals surface area contributed by atoms with Gasteiger partial charge in [-0.05, 0) is 139 Å². The Balaban J connectivity index is 0.000000204. The van der Waals surface area contributed by atoms with E-state index in [0.717, 1.165) is 11.1 Å². The van der Waals surface area contributed by atoms with Crippen molar-refractivity contribution in [3.63, 3.8) is 0 Å². The average Bonchev–Trinajstić information content (AvgIpc) is 1.52. The molecule has 0 radical (unpaired) electrons. The molecular weight excluding hydrogens is 1130 g/mol. The van der Waals surface area contributed by atoms with Gasteiger partial charge < -0.3 is 0 Å². The minimum Gasteiger partial charge on any atom is -0.294 e. The number of allylic oxidation sites excluding steroid dienone is 16. The summed E-state index contributed by atoms with van der Waals surface area (Å²) in [6, 6.07) is 20.2. The van der Waals surface area contributed by atoms with Gasteiger partial charge in [0, 0.05) is 77.9 Å². The third-order valence-corrected chi connectivity index (χ3v) is 17.1. The predicted octanol–water partition coefficient (Wildman–Crippen LogP) is 15.7. The minimum atomic E-state index is -0.509. The molecule has 0 bridgehead atoms. The minimum absolute atomic E-state index is 0.0135. The van der Waals surface area contributed by atoms with Crippen LogP contribution in [0.5, 0.6) is 0 Å². The number of rotatable bonds is 2. The molecule has 0 heterocycles. The molecule has 0 atom stereocenters. The topological polar surface area (TPSA) is 205 Å². The average molecular weight is 1210 g/mol. The summed E-state index contributed by atoms with van der Waals surface area (Å²) in [5.74, 6) is -2.51. The van der Waals surface area contributed by atoms with Crippen LogP contribution in [0.15, 0.2) is 165 Å². The van der Waals surface area contributed by atoms with Crippen LogP contribution in [0.1, 0.15) is 220 Å². The third-order valence-electron chi connectivity index (χ3n) is 17.1. The molecule has 0 spiro atoms. The van der Waals surface area contributed by atoms with E-state index in [1.165, 1.54) is 12.2 Å². The van der Waals surface area contributed by atoms with E-state index in [1.54, 1.807) is 97.1 Å². The Morgan fingerprint density at radius 3 is 0.700 bits per heavy atom. The molecule has 11 rings (SSSR count). The van der Waals surface area contributed by atoms with E-state index in [-0.39, 0.29) is 103 Å². The van der Waals surface area contributed by atoms with Crippen molar-refractivity contribution in [3.05, 3.63) is 209 Å². The Morgan fingerprint density at radius 2 is 0.444 bits per heavy atom. The quantitative estimate of drug-likeness (QED) is 0.0796. The lowest BCUT2D eigenvalue weighted by Crippen LogP contribution is -2.29. The van der Waals surface area contributed by atoms with Gasteiger partial charge in [-0.2, -0.15) is 0 Å². The number of carbonyl (C=O) groups excluding carboxylic acids is 12. The predicted molar refractivity (Wildman–Crippen MR) is 347 cm³/mol. The van der Waals surface area contributed by atoms with Gasteiger partial charge in [0.05, 0.1) is 24.0 Å². The summed E-state index contributed by atoms with van der Waals surface area (Å²) < 4.78 is 0. The monoisotopic (exact) mass is 1200 g/mol. The first kappa shape index (κ1) is 65.3. The molecule has 0 fully saturated rings. The van der Waals surface area contributed by atoms with E-state index >= 15 is 0 Å². The van der Waals surface area contributed by atoms with Crippen LogP contribution in [0.3, 0.4) is 0 Å². The van der Waals surface area contributed by atoms with Crippen LogP contribution < -0.4 is 0 Å². The molecule has 7 aliphatic rings. The SMILES string of the molecule is CC(C)(C)C1=CC(=C2C(=O)c3ccc(-c4ccc5c(c4)C(=O)C(=C4C=C(C(C)(C)C)C(=O)C(C(C)(C)C)=C4)C5=O)cc3C2=O)C=C(C(C)(C)C)C1=O.CC(C)(C)C1=CC(=O)C=C(C(C)(C)C)C1=O.O=C1CC(=O)c2cc(-c3ccc4c(c3)C(=O)CC4=O)ccc21. The molecule has 460 valence electrons. The molecule has 0 aliphatic heterocycles. The molecule has 0 aromatic heterocycles. The summed E-state index contributed by atoms with van der Waals surface area (Å²) in [4.78, 5) is 154. The van der Waals surface area contributed by atoms with Crippen LogP contribution >= 0.6 is 0 Å². The van der Waals surface area contributed by atoms with Gasteiger partial charge in [-0.3, -0.25) is 57.5 Å². The number of Topliss-reactive ketones (excluding diaryl/α,β-unsaturated/α-hetero) is 11. The fourth-order valence-electron chi connectivity index (χ4n) is 12.0. The van der Waals surface area contributed by atoms with Crippen LogP contribution in [-0.4, -0.2) is 69.4 Å². The fourth-order valence-corrected chi connectivity index (χ4v) is 12.0. The molecule has 12 heteroatoms. The summed E-state index contributed by atoms with van der Waals surface area (Å²) in [5.41, 5.74) is 7.31. The van der Waals surface area contributed by atoms with Crippen molar-refractivity contribution >= 4 is 69.4 Å². The van der Waals surface area contributed by atoms with Crippen molar-refractivity contribution in [1.82, 2.24) is 0 Å². The van der Waals surface area contributed by atoms with E-state index in [9.17, 15) is 57.5 Å². The van der Waals surface area contributed by atoms with Gasteiger partial charge in [-0.1, -0.05) is 161 Å². The number of hydrogen-bond acceptors (Lipinski definition) is 12. The normalized spacial score (nSPS) is 17.9. The summed E-state index contributed by atoms with van der Waals surface area (Å²) >= 11 is 0. The molecule has 90 heavy (non-hydrogen) atoms. The van der Waals surface area contributed by atoms with Gasteiger partial charge in [0.25, 0.3) is 0 Å². The first-order chi connectivity index (χ1) is 41.4. The second-order valence-corrected chi connectivity index (χ2v) is 30.3. The van der Waals surface area contributed by atoms with Gasteiger partial charge in [0.1, 0.15) is 0 Å². The van der Waals surface area contributed by atoms with Crippen LogP contribution in [0.2, 0.25) is 0 Å². The fraction of sp³-hybridized carbons (Fsp3) is 0.333. The van der Waals surface area contributed by atoms with Crippen molar-refractivity contribution in [2.24, 2.45) is 32.5 Å². The molecule has 4 aromatic rings. The highest BCUT2D eigenvalue weighted by Gasteiger charge is 2.43. The lowest BCUT2D eigenvalue weighted by atomic mass is 9.71. The molecule has 0 N–H and O–H groups in total. The summed E-state index contributed by atoms with van der Waals surface area (Å²) in [6.45, 7) is 35.0. The largest absolute Gasteiger partial charge is 0.294 e. The van der Waals surface area contributed by atoms with Gasteiger partial charge in [-0.15, -0.1) is 0 Å². The Kier molecular flexibility index (Phi) is 16.3. The zero-order valence-corrected chi connectivity index (χ0v) is 54.7. The number of benzene rings is 4. The Hall–Kier alpha value is -9.16. The first-order valence-corrected chi connectivity index (χ1v) is 30.3. The molecule has 0 amide bonds. The maximum Gasteiger partial charge on any atom is 0.198 e. The zero-order chi connectivity index (χ0) is 66.8. The smallest absolute Gasteiger partial charge is 0.198 e. The first-order valence-electron chi connectivity index (χ1n) is 30.3. The van der Waals surface area contributed by atoms with Gasteiger partial charge in [-0.25, -0.2) is 0 Å². The zero-order valence-electron chi connectivity index (χ0n) is 54.7. The van der Waals surface area contributed by atoms with Crippen molar-refractivity contribution in [2.75, 3.05) is 0 Å². The number of fused-ring (bicyclic) bond motifs is 4. The summed E-state index contributed by atoms with van der Waals surface area (Å²) in [6.07, 6.45) is 9.54. The summed E-state index contributed by atoms with van der Waals surface area (Å²) in [5, 5.41) is 0. The highest BCUT2D eigenvalue weighted by molar-refractivity contribution is 6.42. The highest BCUT2D eigenvalue weighted by atomic mass is 16.2. The van der Waals surface area contributed by atoms with Gasteiger partial charge in [0.15, 0.2) is 69.4 Å². The van der Waals surface area contributed by atoms with Gasteiger partial charge in [0.2, 0.25) is 0 Å². The van der Waals surface area contributed by atoms with Crippen LogP contribution in [0.4, 0.5) is 0 Å². The van der Waals surface area contributed by atoms with E-state index in [1.807, 2.05) is 125 Å². The molecule has 4 aromatic carbocycles. The Labute approximate surface area is 526 Å². The van der Waals surface area contributed by atoms with Crippen molar-refractivity contribution < 1.29 is 57.5 Å². The molecule has 12 nitrogen and oxygen atoms in total. The Bertz CT molecular complexity index is 4010. The lowest BCUT2D eigenvalue weighted by molar-refractivity contribution is -0.116. The van der Waals surface area contributed by atoms with Crippen LogP contribution in [-0.2, 0) is 19.2 Å². The number of hydrogen-bond donors (Lipinski definition) is 0. The maximum absolute atomic E-state index is 14.0. The van der Waals surface area contributed by atoms with Gasteiger partial charge >= 0.3 is 0 Å². The standard InChI is InChI=1S/C46H46O6.C18H10O4.C14H20O2/c1-43(2,3)31-19-25(20-32(41(31)51)44(4,5)6)35-37(47)27-15-13-23(17-29(27)39(35)49)24-14-16-28-30(18-24)40(50)36(38(28)48)26-21-33(45(7,8)9)42(52)34(22-26)46(10,11)12;19-15-7-17(21)13-5-9(1-3-11(13)15)10-2-4-12-14(6-10)18(22)8-16(12)20;1-13(2,3)10-7-9(15)8-11(12(10)16)14(4,5)6/h13-22H,1-12H3;1-6H,7-8H2;7-8H,1-6H3. The number of carbonyl (C=O) groups is 12. The highest BCUT2D eigenvalue weighted by Crippen LogP contribution is 2.45.